The number of benzene rings is 1. The first-order chi connectivity index (χ1) is 16.4. The number of aryl methyl sites for hydroxylation is 2. The van der Waals surface area contributed by atoms with E-state index in [1.807, 2.05) is 46.8 Å². The number of halogens is 1. The second-order valence-electron chi connectivity index (χ2n) is 9.07. The largest absolute Gasteiger partial charge is 0.490 e. The van der Waals surface area contributed by atoms with Crippen LogP contribution in [0.1, 0.15) is 30.5 Å². The number of morpholine rings is 1. The molecule has 2 amide bonds. The molecule has 0 spiro atoms. The minimum Gasteiger partial charge on any atom is -0.490 e. The molecule has 0 saturated carbocycles. The Morgan fingerprint density at radius 2 is 1.85 bits per heavy atom. The van der Waals surface area contributed by atoms with E-state index >= 15 is 0 Å². The third-order valence-electron chi connectivity index (χ3n) is 6.86. The number of likely N-dealkylation sites (tertiary alicyclic amines) is 1. The molecule has 3 heterocycles. The summed E-state index contributed by atoms with van der Waals surface area (Å²) in [5.74, 6) is 0.851. The molecule has 2 aromatic rings. The molecule has 2 fully saturated rings. The van der Waals surface area contributed by atoms with Crippen molar-refractivity contribution in [3.8, 4) is 5.75 Å². The van der Waals surface area contributed by atoms with Gasteiger partial charge < -0.3 is 19.3 Å². The fraction of sp³-hybridized carbons (Fsp3) is 0.560. The zero-order chi connectivity index (χ0) is 24.1. The van der Waals surface area contributed by atoms with E-state index in [1.165, 1.54) is 0 Å². The van der Waals surface area contributed by atoms with Crippen LogP contribution >= 0.6 is 11.6 Å². The lowest BCUT2D eigenvalue weighted by molar-refractivity contribution is -0.141. The molecule has 0 radical (unpaired) electrons. The van der Waals surface area contributed by atoms with Crippen LogP contribution in [0.3, 0.4) is 0 Å². The normalized spacial score (nSPS) is 20.9. The maximum absolute atomic E-state index is 13.1. The first-order valence-corrected chi connectivity index (χ1v) is 12.3. The number of piperidine rings is 1. The molecular weight excluding hydrogens is 456 g/mol. The van der Waals surface area contributed by atoms with Crippen LogP contribution in [0.15, 0.2) is 30.5 Å². The number of nitrogens with zero attached hydrogens (tertiary/aromatic N) is 4. The highest BCUT2D eigenvalue weighted by atomic mass is 35.5. The maximum atomic E-state index is 13.1. The summed E-state index contributed by atoms with van der Waals surface area (Å²) in [6.45, 7) is 5.51. The van der Waals surface area contributed by atoms with Crippen LogP contribution in [0.5, 0.6) is 5.75 Å². The van der Waals surface area contributed by atoms with Gasteiger partial charge in [-0.2, -0.15) is 5.10 Å². The van der Waals surface area contributed by atoms with Gasteiger partial charge in [0.05, 0.1) is 19.4 Å². The van der Waals surface area contributed by atoms with Gasteiger partial charge in [-0.1, -0.05) is 11.6 Å². The Hall–Kier alpha value is -2.58. The summed E-state index contributed by atoms with van der Waals surface area (Å²) in [6, 6.07) is 7.28. The Bertz CT molecular complexity index is 987. The van der Waals surface area contributed by atoms with E-state index in [0.717, 1.165) is 17.0 Å². The monoisotopic (exact) mass is 488 g/mol. The average Bonchev–Trinajstić information content (AvgIpc) is 3.17. The Balaban J connectivity index is 1.41. The van der Waals surface area contributed by atoms with Gasteiger partial charge in [0.15, 0.2) is 0 Å². The number of hydrogen-bond acceptors (Lipinski definition) is 5. The smallest absolute Gasteiger partial charge is 0.223 e. The second-order valence-corrected chi connectivity index (χ2v) is 9.51. The molecule has 1 aromatic heterocycles. The predicted molar refractivity (Wildman–Crippen MR) is 129 cm³/mol. The molecule has 0 aliphatic carbocycles. The quantitative estimate of drug-likeness (QED) is 0.599. The Kier molecular flexibility index (Phi) is 8.11. The van der Waals surface area contributed by atoms with Gasteiger partial charge in [-0.3, -0.25) is 14.3 Å². The highest BCUT2D eigenvalue weighted by Gasteiger charge is 2.35. The summed E-state index contributed by atoms with van der Waals surface area (Å²) in [7, 11) is 1.90. The van der Waals surface area contributed by atoms with Gasteiger partial charge >= 0.3 is 0 Å². The van der Waals surface area contributed by atoms with Crippen molar-refractivity contribution in [1.29, 1.82) is 0 Å². The Morgan fingerprint density at radius 3 is 2.53 bits per heavy atom. The topological polar surface area (TPSA) is 76.9 Å². The van der Waals surface area contributed by atoms with Gasteiger partial charge in [-0.05, 0) is 43.2 Å². The molecule has 34 heavy (non-hydrogen) atoms. The standard InChI is InChI=1S/C25H33ClN4O4/c1-18-19(16-27-28(18)2)3-8-24(31)30-10-9-23(34-22-6-4-21(26)5-7-22)20(17-30)15-25(32)29-11-13-33-14-12-29/h4-7,16,20,23H,3,8-15,17H2,1-2H3/t20-,23-/m0/s1. The fourth-order valence-corrected chi connectivity index (χ4v) is 4.76. The number of rotatable bonds is 7. The average molecular weight is 489 g/mol. The summed E-state index contributed by atoms with van der Waals surface area (Å²) in [6.07, 6.45) is 3.82. The van der Waals surface area contributed by atoms with Crippen LogP contribution < -0.4 is 4.74 Å². The molecule has 0 bridgehead atoms. The molecule has 2 aliphatic rings. The Labute approximate surface area is 205 Å². The van der Waals surface area contributed by atoms with Crippen LogP contribution in [0, 0.1) is 12.8 Å². The molecule has 1 aromatic carbocycles. The number of carbonyl (C=O) groups is 2. The van der Waals surface area contributed by atoms with Gasteiger partial charge in [-0.15, -0.1) is 0 Å². The first-order valence-electron chi connectivity index (χ1n) is 11.9. The molecule has 9 heteroatoms. The minimum atomic E-state index is -0.143. The van der Waals surface area contributed by atoms with Crippen LogP contribution in [0.2, 0.25) is 5.02 Å². The van der Waals surface area contributed by atoms with Gasteiger partial charge in [0.2, 0.25) is 11.8 Å². The lowest BCUT2D eigenvalue weighted by Gasteiger charge is -2.39. The number of aromatic nitrogens is 2. The highest BCUT2D eigenvalue weighted by Crippen LogP contribution is 2.28. The van der Waals surface area contributed by atoms with Crippen LogP contribution in [-0.2, 0) is 27.8 Å². The molecule has 2 atom stereocenters. The van der Waals surface area contributed by atoms with Crippen molar-refractivity contribution in [2.45, 2.75) is 38.7 Å². The van der Waals surface area contributed by atoms with Crippen LogP contribution in [0.25, 0.3) is 0 Å². The van der Waals surface area contributed by atoms with Gasteiger partial charge in [0.25, 0.3) is 0 Å². The zero-order valence-electron chi connectivity index (χ0n) is 19.9. The predicted octanol–water partition coefficient (Wildman–Crippen LogP) is 2.86. The molecule has 184 valence electrons. The van der Waals surface area contributed by atoms with Crippen molar-refractivity contribution in [3.63, 3.8) is 0 Å². The summed E-state index contributed by atoms with van der Waals surface area (Å²) in [5.41, 5.74) is 2.17. The third kappa shape index (κ3) is 6.10. The summed E-state index contributed by atoms with van der Waals surface area (Å²) < 4.78 is 13.5. The molecule has 0 unspecified atom stereocenters. The van der Waals surface area contributed by atoms with Crippen LogP contribution in [-0.4, -0.2) is 76.9 Å². The van der Waals surface area contributed by atoms with Crippen LogP contribution in [0.4, 0.5) is 0 Å². The molecule has 2 aliphatic heterocycles. The zero-order valence-corrected chi connectivity index (χ0v) is 20.7. The molecule has 8 nitrogen and oxygen atoms in total. The van der Waals surface area contributed by atoms with E-state index in [2.05, 4.69) is 5.10 Å². The number of ether oxygens (including phenoxy) is 2. The van der Waals surface area contributed by atoms with Crippen molar-refractivity contribution in [2.75, 3.05) is 39.4 Å². The van der Waals surface area contributed by atoms with Crippen molar-refractivity contribution >= 4 is 23.4 Å². The van der Waals surface area contributed by atoms with E-state index in [0.29, 0.717) is 70.1 Å². The van der Waals surface area contributed by atoms with Crippen molar-refractivity contribution < 1.29 is 19.1 Å². The molecular formula is C25H33ClN4O4. The number of hydrogen-bond donors (Lipinski definition) is 0. The van der Waals surface area contributed by atoms with E-state index in [1.54, 1.807) is 12.1 Å². The van der Waals surface area contributed by atoms with E-state index < -0.39 is 0 Å². The Morgan fingerprint density at radius 1 is 1.12 bits per heavy atom. The molecule has 2 saturated heterocycles. The van der Waals surface area contributed by atoms with Gasteiger partial charge in [0.1, 0.15) is 11.9 Å². The van der Waals surface area contributed by atoms with Crippen molar-refractivity contribution in [2.24, 2.45) is 13.0 Å². The maximum Gasteiger partial charge on any atom is 0.223 e. The van der Waals surface area contributed by atoms with E-state index in [-0.39, 0.29) is 23.8 Å². The fourth-order valence-electron chi connectivity index (χ4n) is 4.63. The molecule has 0 N–H and O–H groups in total. The third-order valence-corrected chi connectivity index (χ3v) is 7.12. The van der Waals surface area contributed by atoms with Gasteiger partial charge in [-0.25, -0.2) is 0 Å². The minimum absolute atomic E-state index is 0.0798. The van der Waals surface area contributed by atoms with Crippen molar-refractivity contribution in [1.82, 2.24) is 19.6 Å². The van der Waals surface area contributed by atoms with E-state index in [9.17, 15) is 9.59 Å². The summed E-state index contributed by atoms with van der Waals surface area (Å²) in [4.78, 5) is 29.8. The summed E-state index contributed by atoms with van der Waals surface area (Å²) >= 11 is 6.01. The highest BCUT2D eigenvalue weighted by molar-refractivity contribution is 6.30. The molecule has 4 rings (SSSR count). The van der Waals surface area contributed by atoms with Gasteiger partial charge in [0, 0.05) is 69.1 Å². The number of carbonyl (C=O) groups excluding carboxylic acids is 2. The number of amides is 2. The van der Waals surface area contributed by atoms with E-state index in [4.69, 9.17) is 21.1 Å². The second kappa shape index (κ2) is 11.2. The summed E-state index contributed by atoms with van der Waals surface area (Å²) in [5, 5.41) is 4.92. The van der Waals surface area contributed by atoms with Crippen molar-refractivity contribution in [3.05, 3.63) is 46.7 Å². The first kappa shape index (κ1) is 24.5. The lowest BCUT2D eigenvalue weighted by Crippen LogP contribution is -2.50. The SMILES string of the molecule is Cc1c(CCC(=O)N2CC[C@H](Oc3ccc(Cl)cc3)[C@@H](CC(=O)N3CCOCC3)C2)cnn1C. The lowest BCUT2D eigenvalue weighted by atomic mass is 9.90.